The Morgan fingerprint density at radius 1 is 1.33 bits per heavy atom. The van der Waals surface area contributed by atoms with Gasteiger partial charge in [0.15, 0.2) is 5.75 Å². The second-order valence-corrected chi connectivity index (χ2v) is 4.70. The Morgan fingerprint density at radius 3 is 2.67 bits per heavy atom. The van der Waals surface area contributed by atoms with Gasteiger partial charge in [0.25, 0.3) is 0 Å². The zero-order valence-electron chi connectivity index (χ0n) is 11.0. The summed E-state index contributed by atoms with van der Waals surface area (Å²) in [6.45, 7) is 1.83. The molecule has 0 atom stereocenters. The van der Waals surface area contributed by atoms with E-state index in [-0.39, 0.29) is 22.8 Å². The third kappa shape index (κ3) is 3.22. The molecule has 1 heterocycles. The van der Waals surface area contributed by atoms with Gasteiger partial charge in [-0.3, -0.25) is 4.79 Å². The van der Waals surface area contributed by atoms with Gasteiger partial charge in [0.1, 0.15) is 11.1 Å². The fourth-order valence-corrected chi connectivity index (χ4v) is 1.94. The molecule has 1 N–H and O–H groups in total. The van der Waals surface area contributed by atoms with Crippen LogP contribution in [0.1, 0.15) is 30.1 Å². The fourth-order valence-electron chi connectivity index (χ4n) is 1.73. The summed E-state index contributed by atoms with van der Waals surface area (Å²) in [4.78, 5) is 33.8. The van der Waals surface area contributed by atoms with E-state index >= 15 is 0 Å². The van der Waals surface area contributed by atoms with E-state index in [4.69, 9.17) is 25.9 Å². The molecule has 21 heavy (non-hydrogen) atoms. The van der Waals surface area contributed by atoms with Gasteiger partial charge in [-0.25, -0.2) is 9.59 Å². The molecule has 0 bridgehead atoms. The predicted molar refractivity (Wildman–Crippen MR) is 75.0 cm³/mol. The molecule has 0 aliphatic rings. The van der Waals surface area contributed by atoms with Gasteiger partial charge < -0.3 is 14.3 Å². The van der Waals surface area contributed by atoms with Crippen molar-refractivity contribution in [2.75, 3.05) is 0 Å². The number of carboxylic acid groups (broad SMARTS) is 1. The van der Waals surface area contributed by atoms with Crippen LogP contribution in [0.15, 0.2) is 27.4 Å². The number of rotatable bonds is 4. The van der Waals surface area contributed by atoms with E-state index in [1.807, 2.05) is 6.92 Å². The Hall–Kier alpha value is -2.34. The van der Waals surface area contributed by atoms with E-state index in [1.54, 1.807) is 0 Å². The van der Waals surface area contributed by atoms with Crippen LogP contribution in [0, 0.1) is 0 Å². The summed E-state index contributed by atoms with van der Waals surface area (Å²) in [6, 6.07) is 3.83. The van der Waals surface area contributed by atoms with Crippen molar-refractivity contribution in [3.63, 3.8) is 0 Å². The highest BCUT2D eigenvalue weighted by molar-refractivity contribution is 6.33. The Morgan fingerprint density at radius 2 is 2.05 bits per heavy atom. The Labute approximate surface area is 123 Å². The molecule has 0 unspecified atom stereocenters. The third-order valence-electron chi connectivity index (χ3n) is 2.70. The maximum Gasteiger partial charge on any atom is 0.351 e. The molecule has 1 aromatic heterocycles. The van der Waals surface area contributed by atoms with Crippen LogP contribution >= 0.6 is 11.6 Å². The molecule has 0 aliphatic carbocycles. The standard InChI is InChI=1S/C14H11ClO6/c1-2-3-12(16)20-11-6-10-7(5-9(11)15)4-8(13(17)18)14(19)21-10/h4-6H,2-3H2,1H3,(H,17,18). The first-order valence-corrected chi connectivity index (χ1v) is 6.51. The van der Waals surface area contributed by atoms with E-state index in [2.05, 4.69) is 0 Å². The molecule has 0 radical (unpaired) electrons. The predicted octanol–water partition coefficient (Wildman–Crippen LogP) is 2.85. The van der Waals surface area contributed by atoms with Gasteiger partial charge in [0.2, 0.25) is 0 Å². The van der Waals surface area contributed by atoms with E-state index in [9.17, 15) is 14.4 Å². The number of carbonyl (C=O) groups excluding carboxylic acids is 1. The van der Waals surface area contributed by atoms with Crippen molar-refractivity contribution >= 4 is 34.5 Å². The summed E-state index contributed by atoms with van der Waals surface area (Å²) < 4.78 is 9.97. The number of carboxylic acids is 1. The highest BCUT2D eigenvalue weighted by atomic mass is 35.5. The Bertz CT molecular complexity index is 777. The number of hydrogen-bond donors (Lipinski definition) is 1. The van der Waals surface area contributed by atoms with Gasteiger partial charge in [-0.2, -0.15) is 0 Å². The maximum atomic E-state index is 11.5. The largest absolute Gasteiger partial charge is 0.477 e. The minimum absolute atomic E-state index is 0.0637. The lowest BCUT2D eigenvalue weighted by Crippen LogP contribution is -2.13. The van der Waals surface area contributed by atoms with Gasteiger partial charge in [-0.15, -0.1) is 0 Å². The summed E-state index contributed by atoms with van der Waals surface area (Å²) in [5.41, 5.74) is -1.38. The van der Waals surface area contributed by atoms with Crippen molar-refractivity contribution in [3.05, 3.63) is 39.2 Å². The molecule has 0 saturated heterocycles. The number of fused-ring (bicyclic) bond motifs is 1. The molecule has 1 aromatic carbocycles. The molecule has 2 aromatic rings. The van der Waals surface area contributed by atoms with Gasteiger partial charge in [-0.05, 0) is 18.6 Å². The minimum Gasteiger partial charge on any atom is -0.477 e. The van der Waals surface area contributed by atoms with E-state index < -0.39 is 23.1 Å². The normalized spacial score (nSPS) is 10.6. The lowest BCUT2D eigenvalue weighted by Gasteiger charge is -2.07. The molecule has 7 heteroatoms. The first-order chi connectivity index (χ1) is 9.92. The number of halogens is 1. The summed E-state index contributed by atoms with van der Waals surface area (Å²) in [7, 11) is 0. The van der Waals surface area contributed by atoms with Crippen molar-refractivity contribution in [1.82, 2.24) is 0 Å². The summed E-state index contributed by atoms with van der Waals surface area (Å²) in [6.07, 6.45) is 0.858. The second kappa shape index (κ2) is 5.97. The maximum absolute atomic E-state index is 11.5. The molecule has 0 aliphatic heterocycles. The van der Waals surface area contributed by atoms with Crippen molar-refractivity contribution in [2.45, 2.75) is 19.8 Å². The number of carbonyl (C=O) groups is 2. The minimum atomic E-state index is -1.39. The molecular weight excluding hydrogens is 300 g/mol. The number of ether oxygens (including phenoxy) is 1. The van der Waals surface area contributed by atoms with E-state index in [1.165, 1.54) is 12.1 Å². The molecule has 0 saturated carbocycles. The zero-order chi connectivity index (χ0) is 15.6. The zero-order valence-corrected chi connectivity index (χ0v) is 11.8. The number of esters is 1. The highest BCUT2D eigenvalue weighted by Gasteiger charge is 2.15. The van der Waals surface area contributed by atoms with Gasteiger partial charge >= 0.3 is 17.6 Å². The molecule has 110 valence electrons. The monoisotopic (exact) mass is 310 g/mol. The SMILES string of the molecule is CCCC(=O)Oc1cc2oc(=O)c(C(=O)O)cc2cc1Cl. The average molecular weight is 311 g/mol. The van der Waals surface area contributed by atoms with Crippen LogP contribution in [0.5, 0.6) is 5.75 Å². The van der Waals surface area contributed by atoms with Crippen LogP contribution in [0.4, 0.5) is 0 Å². The molecule has 0 fully saturated rings. The lowest BCUT2D eigenvalue weighted by molar-refractivity contribution is -0.134. The highest BCUT2D eigenvalue weighted by Crippen LogP contribution is 2.30. The Balaban J connectivity index is 2.50. The smallest absolute Gasteiger partial charge is 0.351 e. The molecule has 6 nitrogen and oxygen atoms in total. The molecule has 0 amide bonds. The summed E-state index contributed by atoms with van der Waals surface area (Å²) in [5, 5.41) is 9.31. The van der Waals surface area contributed by atoms with Crippen molar-refractivity contribution < 1.29 is 23.8 Å². The Kier molecular flexibility index (Phi) is 4.28. The summed E-state index contributed by atoms with van der Waals surface area (Å²) in [5.74, 6) is -1.78. The van der Waals surface area contributed by atoms with Crippen LogP contribution in [0.25, 0.3) is 11.0 Å². The van der Waals surface area contributed by atoms with Crippen molar-refractivity contribution in [2.24, 2.45) is 0 Å². The van der Waals surface area contributed by atoms with Crippen LogP contribution in [0.3, 0.4) is 0 Å². The fraction of sp³-hybridized carbons (Fsp3) is 0.214. The topological polar surface area (TPSA) is 93.8 Å². The van der Waals surface area contributed by atoms with E-state index in [0.29, 0.717) is 11.8 Å². The van der Waals surface area contributed by atoms with Crippen LogP contribution in [-0.4, -0.2) is 17.0 Å². The van der Waals surface area contributed by atoms with Crippen LogP contribution < -0.4 is 10.4 Å². The molecule has 0 spiro atoms. The van der Waals surface area contributed by atoms with Crippen LogP contribution in [0.2, 0.25) is 5.02 Å². The number of hydrogen-bond acceptors (Lipinski definition) is 5. The number of aromatic carboxylic acids is 1. The van der Waals surface area contributed by atoms with Gasteiger partial charge in [-0.1, -0.05) is 18.5 Å². The second-order valence-electron chi connectivity index (χ2n) is 4.30. The molecular formula is C14H11ClO6. The third-order valence-corrected chi connectivity index (χ3v) is 2.99. The summed E-state index contributed by atoms with van der Waals surface area (Å²) >= 11 is 5.97. The number of benzene rings is 1. The van der Waals surface area contributed by atoms with Crippen molar-refractivity contribution in [3.8, 4) is 5.75 Å². The van der Waals surface area contributed by atoms with E-state index in [0.717, 1.165) is 6.07 Å². The first kappa shape index (κ1) is 15.1. The quantitative estimate of drug-likeness (QED) is 0.530. The van der Waals surface area contributed by atoms with Gasteiger partial charge in [0, 0.05) is 17.9 Å². The lowest BCUT2D eigenvalue weighted by atomic mass is 10.2. The van der Waals surface area contributed by atoms with Crippen molar-refractivity contribution in [1.29, 1.82) is 0 Å². The first-order valence-electron chi connectivity index (χ1n) is 6.13. The van der Waals surface area contributed by atoms with Crippen LogP contribution in [-0.2, 0) is 4.79 Å². The van der Waals surface area contributed by atoms with Gasteiger partial charge in [0.05, 0.1) is 5.02 Å². The average Bonchev–Trinajstić information content (AvgIpc) is 2.39. The molecule has 2 rings (SSSR count).